The van der Waals surface area contributed by atoms with Gasteiger partial charge < -0.3 is 15.1 Å². The van der Waals surface area contributed by atoms with Crippen LogP contribution in [0.3, 0.4) is 0 Å². The van der Waals surface area contributed by atoms with Gasteiger partial charge in [0, 0.05) is 38.2 Å². The zero-order valence-electron chi connectivity index (χ0n) is 18.2. The van der Waals surface area contributed by atoms with E-state index < -0.39 is 0 Å². The zero-order valence-corrected chi connectivity index (χ0v) is 18.2. The molecule has 5 aliphatic rings. The summed E-state index contributed by atoms with van der Waals surface area (Å²) < 4.78 is 0. The first-order chi connectivity index (χ1) is 15.0. The monoisotopic (exact) mass is 423 g/mol. The second kappa shape index (κ2) is 8.29. The number of nitrogens with one attached hydrogen (secondary N) is 1. The summed E-state index contributed by atoms with van der Waals surface area (Å²) in [5.74, 6) is 2.54. The molecule has 0 atom stereocenters. The fourth-order valence-corrected chi connectivity index (χ4v) is 7.10. The zero-order chi connectivity index (χ0) is 21.4. The van der Waals surface area contributed by atoms with Gasteiger partial charge in [-0.05, 0) is 73.8 Å². The Morgan fingerprint density at radius 2 is 1.32 bits per heavy atom. The SMILES string of the molecule is O=C(NCC(=O)N1CCN(C(=O)CC23CC4CC(CC(C4)C2)C3)CC1)c1ccccc1. The molecule has 0 unspecified atom stereocenters. The Hall–Kier alpha value is -2.37. The molecule has 4 bridgehead atoms. The highest BCUT2D eigenvalue weighted by Gasteiger charge is 2.51. The van der Waals surface area contributed by atoms with Crippen LogP contribution < -0.4 is 5.32 Å². The molecule has 4 saturated carbocycles. The molecule has 0 spiro atoms. The molecule has 1 aromatic carbocycles. The Balaban J connectivity index is 1.08. The van der Waals surface area contributed by atoms with Gasteiger partial charge in [-0.15, -0.1) is 0 Å². The van der Waals surface area contributed by atoms with Gasteiger partial charge in [-0.3, -0.25) is 14.4 Å². The number of carbonyl (C=O) groups excluding carboxylic acids is 3. The first kappa shape index (κ1) is 20.5. The van der Waals surface area contributed by atoms with Gasteiger partial charge >= 0.3 is 0 Å². The average molecular weight is 424 g/mol. The largest absolute Gasteiger partial charge is 0.343 e. The van der Waals surface area contributed by atoms with Gasteiger partial charge in [-0.1, -0.05) is 18.2 Å². The van der Waals surface area contributed by atoms with Crippen molar-refractivity contribution in [3.8, 4) is 0 Å². The van der Waals surface area contributed by atoms with Crippen LogP contribution in [0.2, 0.25) is 0 Å². The topological polar surface area (TPSA) is 69.7 Å². The van der Waals surface area contributed by atoms with Crippen LogP contribution in [0.5, 0.6) is 0 Å². The number of benzene rings is 1. The number of carbonyl (C=O) groups is 3. The first-order valence-electron chi connectivity index (χ1n) is 11.9. The van der Waals surface area contributed by atoms with E-state index in [0.29, 0.717) is 38.2 Å². The first-order valence-corrected chi connectivity index (χ1v) is 11.9. The predicted molar refractivity (Wildman–Crippen MR) is 117 cm³/mol. The Kier molecular flexibility index (Phi) is 5.49. The van der Waals surface area contributed by atoms with Gasteiger partial charge in [0.2, 0.25) is 11.8 Å². The van der Waals surface area contributed by atoms with E-state index in [9.17, 15) is 14.4 Å². The van der Waals surface area contributed by atoms with Gasteiger partial charge in [-0.25, -0.2) is 0 Å². The van der Waals surface area contributed by atoms with E-state index in [-0.39, 0.29) is 29.7 Å². The predicted octanol–water partition coefficient (Wildman–Crippen LogP) is 2.69. The van der Waals surface area contributed by atoms with Crippen LogP contribution in [0.15, 0.2) is 30.3 Å². The van der Waals surface area contributed by atoms with E-state index >= 15 is 0 Å². The fourth-order valence-electron chi connectivity index (χ4n) is 7.10. The third kappa shape index (κ3) is 4.35. The summed E-state index contributed by atoms with van der Waals surface area (Å²) in [4.78, 5) is 41.5. The van der Waals surface area contributed by atoms with Crippen molar-refractivity contribution in [2.45, 2.75) is 44.9 Å². The van der Waals surface area contributed by atoms with Gasteiger partial charge in [-0.2, -0.15) is 0 Å². The summed E-state index contributed by atoms with van der Waals surface area (Å²) in [6.45, 7) is 2.29. The van der Waals surface area contributed by atoms with Crippen LogP contribution in [-0.4, -0.2) is 60.2 Å². The van der Waals surface area contributed by atoms with Crippen molar-refractivity contribution in [1.82, 2.24) is 15.1 Å². The van der Waals surface area contributed by atoms with Crippen LogP contribution >= 0.6 is 0 Å². The molecule has 4 aliphatic carbocycles. The van der Waals surface area contributed by atoms with E-state index in [1.54, 1.807) is 29.2 Å². The van der Waals surface area contributed by atoms with Gasteiger partial charge in [0.15, 0.2) is 0 Å². The highest BCUT2D eigenvalue weighted by molar-refractivity contribution is 5.96. The smallest absolute Gasteiger partial charge is 0.251 e. The van der Waals surface area contributed by atoms with Crippen molar-refractivity contribution in [2.75, 3.05) is 32.7 Å². The second-order valence-electron chi connectivity index (χ2n) is 10.4. The summed E-state index contributed by atoms with van der Waals surface area (Å²) in [6.07, 6.45) is 8.66. The Morgan fingerprint density at radius 3 is 1.87 bits per heavy atom. The highest BCUT2D eigenvalue weighted by atomic mass is 16.2. The maximum Gasteiger partial charge on any atom is 0.251 e. The minimum absolute atomic E-state index is 0.00501. The maximum atomic E-state index is 13.1. The number of piperazine rings is 1. The summed E-state index contributed by atoms with van der Waals surface area (Å²) in [7, 11) is 0. The van der Waals surface area contributed by atoms with Crippen molar-refractivity contribution >= 4 is 17.7 Å². The third-order valence-electron chi connectivity index (χ3n) is 8.11. The Bertz CT molecular complexity index is 810. The fraction of sp³-hybridized carbons (Fsp3) is 0.640. The van der Waals surface area contributed by atoms with Gasteiger partial charge in [0.05, 0.1) is 6.54 Å². The Labute approximate surface area is 184 Å². The van der Waals surface area contributed by atoms with Crippen molar-refractivity contribution < 1.29 is 14.4 Å². The van der Waals surface area contributed by atoms with E-state index in [1.807, 2.05) is 11.0 Å². The van der Waals surface area contributed by atoms with Gasteiger partial charge in [0.25, 0.3) is 5.91 Å². The van der Waals surface area contributed by atoms with E-state index in [0.717, 1.165) is 17.8 Å². The summed E-state index contributed by atoms with van der Waals surface area (Å²) in [5, 5.41) is 2.70. The van der Waals surface area contributed by atoms with E-state index in [1.165, 1.54) is 38.5 Å². The lowest BCUT2D eigenvalue weighted by Gasteiger charge is -2.57. The van der Waals surface area contributed by atoms with Crippen molar-refractivity contribution in [3.05, 3.63) is 35.9 Å². The Morgan fingerprint density at radius 1 is 0.806 bits per heavy atom. The molecule has 0 radical (unpaired) electrons. The second-order valence-corrected chi connectivity index (χ2v) is 10.4. The molecule has 1 saturated heterocycles. The quantitative estimate of drug-likeness (QED) is 0.792. The molecule has 6 rings (SSSR count). The lowest BCUT2D eigenvalue weighted by Crippen LogP contribution is -2.54. The van der Waals surface area contributed by atoms with Crippen LogP contribution in [-0.2, 0) is 9.59 Å². The van der Waals surface area contributed by atoms with Crippen molar-refractivity contribution in [1.29, 1.82) is 0 Å². The summed E-state index contributed by atoms with van der Waals surface area (Å²) >= 11 is 0. The van der Waals surface area contributed by atoms with Crippen LogP contribution in [0.4, 0.5) is 0 Å². The molecule has 6 nitrogen and oxygen atoms in total. The third-order valence-corrected chi connectivity index (χ3v) is 8.11. The normalized spacial score (nSPS) is 31.5. The molecule has 166 valence electrons. The standard InChI is InChI=1S/C25H33N3O3/c29-22(16-25-13-18-10-19(14-25)12-20(11-18)15-25)27-6-8-28(9-7-27)23(30)17-26-24(31)21-4-2-1-3-5-21/h1-5,18-20H,6-17H2,(H,26,31). The van der Waals surface area contributed by atoms with E-state index in [4.69, 9.17) is 0 Å². The lowest BCUT2D eigenvalue weighted by atomic mass is 9.49. The number of hydrogen-bond donors (Lipinski definition) is 1. The summed E-state index contributed by atoms with van der Waals surface area (Å²) in [6, 6.07) is 8.92. The number of amides is 3. The summed E-state index contributed by atoms with van der Waals surface area (Å²) in [5.41, 5.74) is 0.816. The van der Waals surface area contributed by atoms with Crippen molar-refractivity contribution in [3.63, 3.8) is 0 Å². The van der Waals surface area contributed by atoms with Crippen LogP contribution in [0.1, 0.15) is 55.3 Å². The van der Waals surface area contributed by atoms with Gasteiger partial charge in [0.1, 0.15) is 0 Å². The lowest BCUT2D eigenvalue weighted by molar-refractivity contribution is -0.144. The number of hydrogen-bond acceptors (Lipinski definition) is 3. The molecule has 0 aromatic heterocycles. The number of nitrogens with zero attached hydrogens (tertiary/aromatic N) is 2. The highest BCUT2D eigenvalue weighted by Crippen LogP contribution is 2.61. The molecular formula is C25H33N3O3. The molecule has 6 heteroatoms. The average Bonchev–Trinajstić information content (AvgIpc) is 2.76. The van der Waals surface area contributed by atoms with Crippen LogP contribution in [0, 0.1) is 23.2 Å². The molecule has 1 aromatic rings. The molecule has 1 aliphatic heterocycles. The number of rotatable bonds is 5. The van der Waals surface area contributed by atoms with Crippen LogP contribution in [0.25, 0.3) is 0 Å². The molecule has 1 N–H and O–H groups in total. The van der Waals surface area contributed by atoms with E-state index in [2.05, 4.69) is 5.32 Å². The minimum atomic E-state index is -0.238. The maximum absolute atomic E-state index is 13.1. The molecule has 1 heterocycles. The molecular weight excluding hydrogens is 390 g/mol. The molecule has 3 amide bonds. The minimum Gasteiger partial charge on any atom is -0.343 e. The molecule has 31 heavy (non-hydrogen) atoms. The van der Waals surface area contributed by atoms with Crippen molar-refractivity contribution in [2.24, 2.45) is 23.2 Å². The molecule has 5 fully saturated rings.